The molecule has 4 nitrogen and oxygen atoms in total. The van der Waals surface area contributed by atoms with Crippen LogP contribution in [0.1, 0.15) is 11.5 Å². The van der Waals surface area contributed by atoms with Crippen molar-refractivity contribution in [2.45, 2.75) is 19.6 Å². The van der Waals surface area contributed by atoms with Crippen LogP contribution in [0, 0.1) is 6.92 Å². The number of aryl methyl sites for hydroxylation is 1. The average molecular weight is 271 g/mol. The maximum atomic E-state index is 11.9. The van der Waals surface area contributed by atoms with E-state index in [0.29, 0.717) is 5.82 Å². The predicted octanol–water partition coefficient (Wildman–Crippen LogP) is 2.70. The van der Waals surface area contributed by atoms with Crippen molar-refractivity contribution in [2.75, 3.05) is 6.54 Å². The maximum Gasteiger partial charge on any atom is 0.401 e. The van der Waals surface area contributed by atoms with Gasteiger partial charge in [-0.3, -0.25) is 0 Å². The monoisotopic (exact) mass is 271 g/mol. The van der Waals surface area contributed by atoms with Gasteiger partial charge in [0.15, 0.2) is 0 Å². The number of benzene rings is 1. The molecule has 0 atom stereocenters. The van der Waals surface area contributed by atoms with Crippen molar-refractivity contribution in [3.63, 3.8) is 0 Å². The van der Waals surface area contributed by atoms with Crippen LogP contribution in [0.3, 0.4) is 0 Å². The molecular weight excluding hydrogens is 259 g/mol. The third kappa shape index (κ3) is 4.06. The van der Waals surface area contributed by atoms with E-state index in [1.165, 1.54) is 0 Å². The number of hydrogen-bond donors (Lipinski definition) is 1. The zero-order valence-electron chi connectivity index (χ0n) is 10.2. The van der Waals surface area contributed by atoms with Crippen LogP contribution < -0.4 is 5.32 Å². The second-order valence-corrected chi connectivity index (χ2v) is 4.10. The predicted molar refractivity (Wildman–Crippen MR) is 62.2 cm³/mol. The fourth-order valence-corrected chi connectivity index (χ4v) is 1.46. The molecule has 0 spiro atoms. The van der Waals surface area contributed by atoms with Crippen LogP contribution in [0.15, 0.2) is 28.8 Å². The summed E-state index contributed by atoms with van der Waals surface area (Å²) in [5.41, 5.74) is 1.86. The second-order valence-electron chi connectivity index (χ2n) is 4.10. The highest BCUT2D eigenvalue weighted by atomic mass is 19.4. The van der Waals surface area contributed by atoms with E-state index in [4.69, 9.17) is 4.52 Å². The molecule has 1 aromatic carbocycles. The van der Waals surface area contributed by atoms with E-state index in [0.717, 1.165) is 11.1 Å². The third-order valence-corrected chi connectivity index (χ3v) is 2.38. The minimum Gasteiger partial charge on any atom is -0.338 e. The summed E-state index contributed by atoms with van der Waals surface area (Å²) in [4.78, 5) is 4.02. The van der Waals surface area contributed by atoms with Gasteiger partial charge in [-0.15, -0.1) is 0 Å². The summed E-state index contributed by atoms with van der Waals surface area (Å²) in [7, 11) is 0. The van der Waals surface area contributed by atoms with Crippen molar-refractivity contribution in [2.24, 2.45) is 0 Å². The van der Waals surface area contributed by atoms with Crippen molar-refractivity contribution >= 4 is 0 Å². The Hall–Kier alpha value is -1.89. The summed E-state index contributed by atoms with van der Waals surface area (Å²) in [5.74, 6) is 0.489. The Morgan fingerprint density at radius 3 is 2.53 bits per heavy atom. The van der Waals surface area contributed by atoms with Crippen molar-refractivity contribution in [3.05, 3.63) is 35.7 Å². The fourth-order valence-electron chi connectivity index (χ4n) is 1.46. The molecule has 1 N–H and O–H groups in total. The molecule has 0 amide bonds. The number of nitrogens with one attached hydrogen (secondary N) is 1. The summed E-state index contributed by atoms with van der Waals surface area (Å²) >= 11 is 0. The molecule has 0 saturated carbocycles. The molecule has 0 aliphatic heterocycles. The van der Waals surface area contributed by atoms with E-state index in [9.17, 15) is 13.2 Å². The Kier molecular flexibility index (Phi) is 3.84. The van der Waals surface area contributed by atoms with Crippen molar-refractivity contribution in [1.29, 1.82) is 0 Å². The van der Waals surface area contributed by atoms with Gasteiger partial charge in [-0.25, -0.2) is 0 Å². The SMILES string of the molecule is Cc1ccc(-c2noc(CNCC(F)(F)F)n2)cc1. The lowest BCUT2D eigenvalue weighted by Crippen LogP contribution is -2.28. The Morgan fingerprint density at radius 1 is 1.21 bits per heavy atom. The van der Waals surface area contributed by atoms with E-state index < -0.39 is 12.7 Å². The molecule has 19 heavy (non-hydrogen) atoms. The molecule has 7 heteroatoms. The highest BCUT2D eigenvalue weighted by molar-refractivity contribution is 5.54. The lowest BCUT2D eigenvalue weighted by molar-refractivity contribution is -0.125. The molecule has 0 bridgehead atoms. The quantitative estimate of drug-likeness (QED) is 0.928. The van der Waals surface area contributed by atoms with E-state index >= 15 is 0 Å². The summed E-state index contributed by atoms with van der Waals surface area (Å²) in [6.07, 6.45) is -4.25. The van der Waals surface area contributed by atoms with Gasteiger partial charge >= 0.3 is 6.18 Å². The summed E-state index contributed by atoms with van der Waals surface area (Å²) in [5, 5.41) is 5.92. The fraction of sp³-hybridized carbons (Fsp3) is 0.333. The molecule has 0 aliphatic carbocycles. The van der Waals surface area contributed by atoms with Gasteiger partial charge in [0.2, 0.25) is 11.7 Å². The third-order valence-electron chi connectivity index (χ3n) is 2.38. The van der Waals surface area contributed by atoms with Crippen LogP contribution in [-0.2, 0) is 6.54 Å². The van der Waals surface area contributed by atoms with Crippen LogP contribution in [0.25, 0.3) is 11.4 Å². The minimum absolute atomic E-state index is 0.113. The largest absolute Gasteiger partial charge is 0.401 e. The van der Waals surface area contributed by atoms with Crippen LogP contribution in [-0.4, -0.2) is 22.9 Å². The first kappa shape index (κ1) is 13.5. The van der Waals surface area contributed by atoms with E-state index in [1.54, 1.807) is 0 Å². The van der Waals surface area contributed by atoms with Gasteiger partial charge in [0.25, 0.3) is 0 Å². The van der Waals surface area contributed by atoms with Crippen LogP contribution in [0.5, 0.6) is 0 Å². The molecule has 102 valence electrons. The van der Waals surface area contributed by atoms with Gasteiger partial charge in [-0.1, -0.05) is 35.0 Å². The van der Waals surface area contributed by atoms with Gasteiger partial charge in [-0.05, 0) is 6.92 Å². The molecule has 0 aliphatic rings. The highest BCUT2D eigenvalue weighted by Gasteiger charge is 2.26. The van der Waals surface area contributed by atoms with E-state index in [-0.39, 0.29) is 12.4 Å². The summed E-state index contributed by atoms with van der Waals surface area (Å²) in [6, 6.07) is 7.45. The van der Waals surface area contributed by atoms with Gasteiger partial charge in [-0.2, -0.15) is 18.2 Å². The molecule has 2 aromatic rings. The number of alkyl halides is 3. The zero-order valence-corrected chi connectivity index (χ0v) is 10.2. The van der Waals surface area contributed by atoms with Gasteiger partial charge in [0.1, 0.15) is 0 Å². The lowest BCUT2D eigenvalue weighted by atomic mass is 10.1. The second kappa shape index (κ2) is 5.40. The zero-order chi connectivity index (χ0) is 13.9. The Bertz CT molecular complexity index is 534. The average Bonchev–Trinajstić information content (AvgIpc) is 2.77. The summed E-state index contributed by atoms with van der Waals surface area (Å²) in [6.45, 7) is 0.750. The molecule has 0 unspecified atom stereocenters. The summed E-state index contributed by atoms with van der Waals surface area (Å²) < 4.78 is 40.7. The molecule has 0 saturated heterocycles. The first-order valence-corrected chi connectivity index (χ1v) is 5.61. The van der Waals surface area contributed by atoms with E-state index in [2.05, 4.69) is 15.5 Å². The van der Waals surface area contributed by atoms with Gasteiger partial charge in [0.05, 0.1) is 13.1 Å². The van der Waals surface area contributed by atoms with E-state index in [1.807, 2.05) is 31.2 Å². The highest BCUT2D eigenvalue weighted by Crippen LogP contribution is 2.16. The van der Waals surface area contributed by atoms with Crippen molar-refractivity contribution in [1.82, 2.24) is 15.5 Å². The molecule has 1 aromatic heterocycles. The Labute approximate surface area is 107 Å². The molecule has 0 fully saturated rings. The van der Waals surface area contributed by atoms with Crippen molar-refractivity contribution < 1.29 is 17.7 Å². The number of aromatic nitrogens is 2. The number of nitrogens with zero attached hydrogens (tertiary/aromatic N) is 2. The van der Waals surface area contributed by atoms with Crippen LogP contribution in [0.4, 0.5) is 13.2 Å². The maximum absolute atomic E-state index is 11.9. The van der Waals surface area contributed by atoms with Gasteiger partial charge < -0.3 is 9.84 Å². The number of halogens is 3. The Morgan fingerprint density at radius 2 is 1.89 bits per heavy atom. The molecule has 1 heterocycles. The van der Waals surface area contributed by atoms with Crippen LogP contribution in [0.2, 0.25) is 0 Å². The molecule has 2 rings (SSSR count). The Balaban J connectivity index is 1.97. The topological polar surface area (TPSA) is 51.0 Å². The van der Waals surface area contributed by atoms with Crippen molar-refractivity contribution in [3.8, 4) is 11.4 Å². The number of hydrogen-bond acceptors (Lipinski definition) is 4. The minimum atomic E-state index is -4.25. The van der Waals surface area contributed by atoms with Crippen LogP contribution >= 0.6 is 0 Å². The smallest absolute Gasteiger partial charge is 0.338 e. The lowest BCUT2D eigenvalue weighted by Gasteiger charge is -2.05. The standard InChI is InChI=1S/C12H12F3N3O/c1-8-2-4-9(5-3-8)11-17-10(19-18-11)6-16-7-12(13,14)15/h2-5,16H,6-7H2,1H3. The normalized spacial score (nSPS) is 11.8. The first-order valence-electron chi connectivity index (χ1n) is 5.61. The number of rotatable bonds is 4. The molecular formula is C12H12F3N3O. The molecule has 0 radical (unpaired) electrons. The first-order chi connectivity index (χ1) is 8.94. The van der Waals surface area contributed by atoms with Gasteiger partial charge in [0, 0.05) is 5.56 Å².